The summed E-state index contributed by atoms with van der Waals surface area (Å²) in [7, 11) is 1.66. The Morgan fingerprint density at radius 1 is 1.21 bits per heavy atom. The van der Waals surface area contributed by atoms with Crippen LogP contribution in [0.2, 0.25) is 0 Å². The van der Waals surface area contributed by atoms with E-state index < -0.39 is 0 Å². The fraction of sp³-hybridized carbons (Fsp3) is 0.368. The average Bonchev–Trinajstić information content (AvgIpc) is 3.11. The fourth-order valence-electron chi connectivity index (χ4n) is 2.68. The Morgan fingerprint density at radius 2 is 2.00 bits per heavy atom. The van der Waals surface area contributed by atoms with E-state index in [9.17, 15) is 4.79 Å². The molecule has 3 aromatic rings. The quantitative estimate of drug-likeness (QED) is 0.323. The van der Waals surface area contributed by atoms with Crippen molar-refractivity contribution in [1.82, 2.24) is 25.1 Å². The molecule has 9 heteroatoms. The van der Waals surface area contributed by atoms with Crippen molar-refractivity contribution in [2.45, 2.75) is 18.6 Å². The van der Waals surface area contributed by atoms with Gasteiger partial charge in [0.15, 0.2) is 10.8 Å². The molecule has 0 aliphatic heterocycles. The van der Waals surface area contributed by atoms with Crippen LogP contribution < -0.4 is 10.6 Å². The molecule has 0 fully saturated rings. The number of nitrogens with zero attached hydrogens (tertiary/aromatic N) is 4. The van der Waals surface area contributed by atoms with E-state index in [1.54, 1.807) is 18.0 Å². The number of fused-ring (bicyclic) bond motifs is 1. The summed E-state index contributed by atoms with van der Waals surface area (Å²) in [6.07, 6.45) is 3.68. The molecule has 0 saturated carbocycles. The smallest absolute Gasteiger partial charge is 0.251 e. The Kier molecular flexibility index (Phi) is 6.83. The van der Waals surface area contributed by atoms with Crippen LogP contribution in [0.4, 0.5) is 5.82 Å². The number of aromatic nitrogens is 4. The highest BCUT2D eigenvalue weighted by atomic mass is 32.2. The van der Waals surface area contributed by atoms with Crippen molar-refractivity contribution in [1.29, 1.82) is 0 Å². The third-order valence-corrected chi connectivity index (χ3v) is 4.73. The van der Waals surface area contributed by atoms with Crippen LogP contribution in [0.1, 0.15) is 15.9 Å². The van der Waals surface area contributed by atoms with Crippen molar-refractivity contribution >= 4 is 34.5 Å². The van der Waals surface area contributed by atoms with Gasteiger partial charge in [-0.15, -0.1) is 0 Å². The Balaban J connectivity index is 1.69. The summed E-state index contributed by atoms with van der Waals surface area (Å²) in [4.78, 5) is 21.4. The standard InChI is InChI=1S/C19H24N6O2S/c1-13-4-6-14(7-5-13)18(26)21-8-10-25-17-15(12-22-25)16(20-9-11-27-2)23-19(24-17)28-3/h4-7,12H,8-11H2,1-3H3,(H,21,26)(H,20,23,24). The Labute approximate surface area is 168 Å². The maximum Gasteiger partial charge on any atom is 0.251 e. The van der Waals surface area contributed by atoms with E-state index in [0.29, 0.717) is 37.0 Å². The van der Waals surface area contributed by atoms with Gasteiger partial charge in [-0.1, -0.05) is 29.5 Å². The summed E-state index contributed by atoms with van der Waals surface area (Å²) in [6, 6.07) is 7.50. The summed E-state index contributed by atoms with van der Waals surface area (Å²) in [5.41, 5.74) is 2.51. The lowest BCUT2D eigenvalue weighted by Gasteiger charge is -2.09. The molecule has 2 heterocycles. The highest BCUT2D eigenvalue weighted by molar-refractivity contribution is 7.98. The number of thioether (sulfide) groups is 1. The molecule has 2 aromatic heterocycles. The number of rotatable bonds is 9. The first kappa shape index (κ1) is 20.1. The molecule has 3 rings (SSSR count). The highest BCUT2D eigenvalue weighted by Gasteiger charge is 2.13. The second-order valence-corrected chi connectivity index (χ2v) is 6.98. The number of aryl methyl sites for hydroxylation is 1. The van der Waals surface area contributed by atoms with E-state index in [1.165, 1.54) is 11.8 Å². The van der Waals surface area contributed by atoms with Gasteiger partial charge in [-0.05, 0) is 25.3 Å². The number of amides is 1. The summed E-state index contributed by atoms with van der Waals surface area (Å²) in [6.45, 7) is 4.19. The van der Waals surface area contributed by atoms with Crippen LogP contribution in [0.5, 0.6) is 0 Å². The van der Waals surface area contributed by atoms with Gasteiger partial charge in [0.25, 0.3) is 5.91 Å². The zero-order valence-electron chi connectivity index (χ0n) is 16.2. The molecule has 1 aromatic carbocycles. The number of carbonyl (C=O) groups is 1. The maximum absolute atomic E-state index is 12.3. The minimum absolute atomic E-state index is 0.0992. The summed E-state index contributed by atoms with van der Waals surface area (Å²) >= 11 is 1.47. The number of hydrogen-bond acceptors (Lipinski definition) is 7. The summed E-state index contributed by atoms with van der Waals surface area (Å²) in [5, 5.41) is 12.1. The Morgan fingerprint density at radius 3 is 2.71 bits per heavy atom. The van der Waals surface area contributed by atoms with Gasteiger partial charge in [0.2, 0.25) is 0 Å². The van der Waals surface area contributed by atoms with E-state index in [1.807, 2.05) is 37.4 Å². The van der Waals surface area contributed by atoms with Gasteiger partial charge in [0.05, 0.1) is 24.7 Å². The van der Waals surface area contributed by atoms with Gasteiger partial charge in [0.1, 0.15) is 5.82 Å². The zero-order chi connectivity index (χ0) is 19.9. The number of nitrogens with one attached hydrogen (secondary N) is 2. The van der Waals surface area contributed by atoms with Crippen LogP contribution in [-0.2, 0) is 11.3 Å². The van der Waals surface area contributed by atoms with Crippen LogP contribution in [0.3, 0.4) is 0 Å². The number of ether oxygens (including phenoxy) is 1. The number of hydrogen-bond donors (Lipinski definition) is 2. The van der Waals surface area contributed by atoms with E-state index in [4.69, 9.17) is 4.74 Å². The van der Waals surface area contributed by atoms with Crippen molar-refractivity contribution in [2.75, 3.05) is 38.4 Å². The molecule has 8 nitrogen and oxygen atoms in total. The van der Waals surface area contributed by atoms with Crippen LogP contribution in [0.15, 0.2) is 35.6 Å². The Hall–Kier alpha value is -2.65. The third kappa shape index (κ3) is 4.79. The van der Waals surface area contributed by atoms with Gasteiger partial charge in [-0.3, -0.25) is 4.79 Å². The third-order valence-electron chi connectivity index (χ3n) is 4.18. The molecule has 0 spiro atoms. The van der Waals surface area contributed by atoms with Crippen LogP contribution in [-0.4, -0.2) is 58.7 Å². The van der Waals surface area contributed by atoms with Crippen LogP contribution in [0, 0.1) is 6.92 Å². The van der Waals surface area contributed by atoms with Gasteiger partial charge >= 0.3 is 0 Å². The predicted molar refractivity (Wildman–Crippen MR) is 111 cm³/mol. The second kappa shape index (κ2) is 9.52. The number of anilines is 1. The summed E-state index contributed by atoms with van der Waals surface area (Å²) < 4.78 is 6.87. The molecular weight excluding hydrogens is 376 g/mol. The monoisotopic (exact) mass is 400 g/mol. The Bertz CT molecular complexity index is 941. The molecule has 0 aliphatic carbocycles. The topological polar surface area (TPSA) is 94.0 Å². The van der Waals surface area contributed by atoms with Crippen molar-refractivity contribution in [3.05, 3.63) is 41.6 Å². The molecular formula is C19H24N6O2S. The van der Waals surface area contributed by atoms with Gasteiger partial charge in [-0.25, -0.2) is 14.6 Å². The molecule has 0 radical (unpaired) electrons. The SMILES string of the molecule is COCCNc1nc(SC)nc2c1cnn2CCNC(=O)c1ccc(C)cc1. The molecule has 0 bridgehead atoms. The first-order chi connectivity index (χ1) is 13.6. The second-order valence-electron chi connectivity index (χ2n) is 6.21. The fourth-order valence-corrected chi connectivity index (χ4v) is 3.04. The van der Waals surface area contributed by atoms with Crippen molar-refractivity contribution in [3.63, 3.8) is 0 Å². The zero-order valence-corrected chi connectivity index (χ0v) is 17.0. The number of methoxy groups -OCH3 is 1. The molecule has 0 aliphatic rings. The van der Waals surface area contributed by atoms with Crippen molar-refractivity contribution in [3.8, 4) is 0 Å². The highest BCUT2D eigenvalue weighted by Crippen LogP contribution is 2.23. The van der Waals surface area contributed by atoms with E-state index in [0.717, 1.165) is 22.4 Å². The van der Waals surface area contributed by atoms with Crippen LogP contribution >= 0.6 is 11.8 Å². The molecule has 148 valence electrons. The summed E-state index contributed by atoms with van der Waals surface area (Å²) in [5.74, 6) is 0.638. The van der Waals surface area contributed by atoms with E-state index in [-0.39, 0.29) is 5.91 Å². The van der Waals surface area contributed by atoms with Crippen molar-refractivity contribution < 1.29 is 9.53 Å². The molecule has 0 saturated heterocycles. The minimum atomic E-state index is -0.0992. The van der Waals surface area contributed by atoms with E-state index >= 15 is 0 Å². The van der Waals surface area contributed by atoms with Gasteiger partial charge < -0.3 is 15.4 Å². The van der Waals surface area contributed by atoms with Gasteiger partial charge in [0, 0.05) is 25.8 Å². The minimum Gasteiger partial charge on any atom is -0.383 e. The molecule has 0 unspecified atom stereocenters. The number of carbonyl (C=O) groups excluding carboxylic acids is 1. The van der Waals surface area contributed by atoms with Crippen LogP contribution in [0.25, 0.3) is 11.0 Å². The predicted octanol–water partition coefficient (Wildman–Crippen LogP) is 2.34. The molecule has 1 amide bonds. The van der Waals surface area contributed by atoms with Crippen molar-refractivity contribution in [2.24, 2.45) is 0 Å². The lowest BCUT2D eigenvalue weighted by Crippen LogP contribution is -2.27. The first-order valence-corrected chi connectivity index (χ1v) is 10.2. The molecule has 2 N–H and O–H groups in total. The normalized spacial score (nSPS) is 11.0. The molecule has 0 atom stereocenters. The lowest BCUT2D eigenvalue weighted by molar-refractivity contribution is 0.0952. The first-order valence-electron chi connectivity index (χ1n) is 8.97. The van der Waals surface area contributed by atoms with Gasteiger partial charge in [-0.2, -0.15) is 5.10 Å². The van der Waals surface area contributed by atoms with E-state index in [2.05, 4.69) is 25.7 Å². The molecule has 28 heavy (non-hydrogen) atoms. The lowest BCUT2D eigenvalue weighted by atomic mass is 10.1. The largest absolute Gasteiger partial charge is 0.383 e. The number of benzene rings is 1. The maximum atomic E-state index is 12.3. The average molecular weight is 401 g/mol.